The Morgan fingerprint density at radius 2 is 1.89 bits per heavy atom. The van der Waals surface area contributed by atoms with Gasteiger partial charge in [-0.05, 0) is 67.1 Å². The Hall–Kier alpha value is -4.19. The van der Waals surface area contributed by atoms with Gasteiger partial charge in [-0.3, -0.25) is 14.5 Å². The number of Topliss-reactive ketones (excluding diaryl/α,β-unsaturated/α-hetero) is 1. The highest BCUT2D eigenvalue weighted by Crippen LogP contribution is 2.45. The van der Waals surface area contributed by atoms with E-state index >= 15 is 0 Å². The van der Waals surface area contributed by atoms with Crippen LogP contribution in [0.4, 0.5) is 5.13 Å². The quantitative estimate of drug-likeness (QED) is 0.0526. The second-order valence-electron chi connectivity index (χ2n) is 11.4. The molecule has 0 radical (unpaired) electrons. The van der Waals surface area contributed by atoms with E-state index in [0.717, 1.165) is 17.5 Å². The molecule has 12 heteroatoms. The number of nitrogens with zero attached hydrogens (tertiary/aromatic N) is 5. The average molecular weight is 674 g/mol. The number of amides is 1. The molecule has 0 aliphatic carbocycles. The number of benzene rings is 2. The summed E-state index contributed by atoms with van der Waals surface area (Å²) in [6.45, 7) is 8.50. The molecule has 6 rings (SSSR count). The van der Waals surface area contributed by atoms with Crippen LogP contribution in [0.1, 0.15) is 54.4 Å². The zero-order valence-corrected chi connectivity index (χ0v) is 28.1. The van der Waals surface area contributed by atoms with Gasteiger partial charge in [-0.1, -0.05) is 84.9 Å². The van der Waals surface area contributed by atoms with Crippen molar-refractivity contribution in [2.75, 3.05) is 11.5 Å². The van der Waals surface area contributed by atoms with Crippen LogP contribution >= 0.6 is 34.7 Å². The lowest BCUT2D eigenvalue weighted by Crippen LogP contribution is -2.29. The van der Waals surface area contributed by atoms with Crippen molar-refractivity contribution in [3.8, 4) is 5.75 Å². The summed E-state index contributed by atoms with van der Waals surface area (Å²) in [6.07, 6.45) is 2.72. The topological polar surface area (TPSA) is 110 Å². The Balaban J connectivity index is 1.43. The number of pyridine rings is 1. The minimum Gasteiger partial charge on any atom is -0.505 e. The lowest BCUT2D eigenvalue weighted by Gasteiger charge is -2.23. The van der Waals surface area contributed by atoms with Crippen LogP contribution in [0.15, 0.2) is 76.8 Å². The number of hydrogen-bond acceptors (Lipinski definition) is 9. The third kappa shape index (κ3) is 6.14. The molecule has 46 heavy (non-hydrogen) atoms. The van der Waals surface area contributed by atoms with Crippen molar-refractivity contribution in [3.05, 3.63) is 106 Å². The van der Waals surface area contributed by atoms with Crippen LogP contribution in [0, 0.1) is 19.8 Å². The molecule has 5 aromatic rings. The van der Waals surface area contributed by atoms with Crippen LogP contribution in [0.25, 0.3) is 11.4 Å². The highest BCUT2D eigenvalue weighted by Gasteiger charge is 2.49. The van der Waals surface area contributed by atoms with E-state index in [1.54, 1.807) is 12.1 Å². The number of carbonyl (C=O) groups excluding carboxylic acids is 2. The molecule has 1 aliphatic rings. The highest BCUT2D eigenvalue weighted by atomic mass is 35.5. The van der Waals surface area contributed by atoms with Gasteiger partial charge in [0.15, 0.2) is 10.1 Å². The molecule has 3 aromatic heterocycles. The number of aryl methyl sites for hydroxylation is 2. The number of thioether (sulfide) groups is 1. The Kier molecular flexibility index (Phi) is 9.17. The van der Waals surface area contributed by atoms with Crippen molar-refractivity contribution in [1.29, 1.82) is 0 Å². The summed E-state index contributed by atoms with van der Waals surface area (Å²) in [7, 11) is 0. The molecule has 0 saturated carbocycles. The normalized spacial score (nSPS) is 16.2. The van der Waals surface area contributed by atoms with Gasteiger partial charge in [0.2, 0.25) is 5.13 Å². The Morgan fingerprint density at radius 1 is 1.09 bits per heavy atom. The largest absolute Gasteiger partial charge is 0.505 e. The van der Waals surface area contributed by atoms with Crippen molar-refractivity contribution in [2.45, 2.75) is 50.3 Å². The zero-order valence-electron chi connectivity index (χ0n) is 25.7. The molecule has 1 atom stereocenters. The fourth-order valence-electron chi connectivity index (χ4n) is 5.32. The number of aliphatic hydroxyl groups is 1. The molecule has 1 fully saturated rings. The summed E-state index contributed by atoms with van der Waals surface area (Å²) in [5.41, 5.74) is 3.88. The van der Waals surface area contributed by atoms with E-state index in [2.05, 4.69) is 29.0 Å². The third-order valence-electron chi connectivity index (χ3n) is 7.80. The maximum absolute atomic E-state index is 13.8. The van der Waals surface area contributed by atoms with Crippen LogP contribution in [-0.4, -0.2) is 43.0 Å². The smallest absolute Gasteiger partial charge is 0.301 e. The maximum Gasteiger partial charge on any atom is 0.301 e. The van der Waals surface area contributed by atoms with Crippen molar-refractivity contribution in [3.63, 3.8) is 0 Å². The van der Waals surface area contributed by atoms with Gasteiger partial charge >= 0.3 is 5.91 Å². The zero-order chi connectivity index (χ0) is 32.5. The third-order valence-corrected chi connectivity index (χ3v) is 10.3. The number of anilines is 1. The van der Waals surface area contributed by atoms with Gasteiger partial charge in [0.1, 0.15) is 17.1 Å². The number of rotatable bonds is 10. The predicted molar refractivity (Wildman–Crippen MR) is 182 cm³/mol. The first kappa shape index (κ1) is 31.8. The number of fused-ring (bicyclic) bond motifs is 1. The Morgan fingerprint density at radius 3 is 2.65 bits per heavy atom. The minimum atomic E-state index is -0.992. The number of aromatic nitrogens is 4. The average Bonchev–Trinajstić information content (AvgIpc) is 3.71. The predicted octanol–water partition coefficient (Wildman–Crippen LogP) is 7.80. The van der Waals surface area contributed by atoms with Gasteiger partial charge in [-0.25, -0.2) is 4.98 Å². The van der Waals surface area contributed by atoms with Crippen LogP contribution in [0.5, 0.6) is 5.75 Å². The number of imidazole rings is 1. The first-order chi connectivity index (χ1) is 22.1. The molecular formula is C34H32ClN5O4S2. The van der Waals surface area contributed by atoms with Crippen LogP contribution in [0.3, 0.4) is 0 Å². The summed E-state index contributed by atoms with van der Waals surface area (Å²) in [5, 5.41) is 21.3. The molecule has 9 nitrogen and oxygen atoms in total. The lowest BCUT2D eigenvalue weighted by atomic mass is 9.96. The summed E-state index contributed by atoms with van der Waals surface area (Å²) >= 11 is 8.97. The number of ketones is 1. The first-order valence-electron chi connectivity index (χ1n) is 14.8. The number of halogens is 1. The summed E-state index contributed by atoms with van der Waals surface area (Å²) in [5.74, 6) is -0.378. The number of aliphatic hydroxyl groups excluding tert-OH is 1. The van der Waals surface area contributed by atoms with E-state index in [-0.39, 0.29) is 22.2 Å². The van der Waals surface area contributed by atoms with E-state index < -0.39 is 17.7 Å². The van der Waals surface area contributed by atoms with Crippen molar-refractivity contribution in [2.24, 2.45) is 5.92 Å². The highest BCUT2D eigenvalue weighted by molar-refractivity contribution is 8.00. The van der Waals surface area contributed by atoms with Gasteiger partial charge < -0.3 is 14.2 Å². The van der Waals surface area contributed by atoms with E-state index in [0.29, 0.717) is 50.3 Å². The van der Waals surface area contributed by atoms with Gasteiger partial charge in [-0.2, -0.15) is 0 Å². The van der Waals surface area contributed by atoms with Gasteiger partial charge in [0.05, 0.1) is 23.9 Å². The fraction of sp³-hybridized carbons (Fsp3) is 0.265. The lowest BCUT2D eigenvalue weighted by molar-refractivity contribution is -0.132. The van der Waals surface area contributed by atoms with Crippen molar-refractivity contribution >= 4 is 62.9 Å². The van der Waals surface area contributed by atoms with Crippen LogP contribution in [0.2, 0.25) is 5.02 Å². The molecule has 1 unspecified atom stereocenters. The van der Waals surface area contributed by atoms with E-state index in [4.69, 9.17) is 16.3 Å². The molecule has 1 saturated heterocycles. The SMILES string of the molecule is Cc1cccn2c(C)c(C(O)=C3C(=O)C(=O)N(c4nnc(SCc5ccccc5Cl)s4)C3c3cccc(OCCC(C)C)c3)nc12. The molecular weight excluding hydrogens is 642 g/mol. The Labute approximate surface area is 279 Å². The summed E-state index contributed by atoms with van der Waals surface area (Å²) in [4.78, 5) is 33.6. The number of ether oxygens (including phenoxy) is 1. The molecule has 4 heterocycles. The minimum absolute atomic E-state index is 0.0750. The molecule has 1 amide bonds. The standard InChI is InChI=1S/C34H32ClN5O4S2/c1-19(2)14-16-44-24-12-7-11-22(17-24)28-26(29(41)27-21(4)39-15-8-9-20(3)31(39)36-27)30(42)32(43)40(28)33-37-38-34(46-33)45-18-23-10-5-6-13-25(23)35/h5-13,15,17,19,28,41H,14,16,18H2,1-4H3. The Bertz CT molecular complexity index is 1990. The molecule has 1 N–H and O–H groups in total. The number of carbonyl (C=O) groups is 2. The van der Waals surface area contributed by atoms with Crippen molar-refractivity contribution < 1.29 is 19.4 Å². The van der Waals surface area contributed by atoms with Crippen molar-refractivity contribution in [1.82, 2.24) is 19.6 Å². The summed E-state index contributed by atoms with van der Waals surface area (Å²) in [6, 6.07) is 17.6. The molecule has 236 valence electrons. The van der Waals surface area contributed by atoms with Gasteiger partial charge in [0, 0.05) is 17.0 Å². The summed E-state index contributed by atoms with van der Waals surface area (Å²) < 4.78 is 8.49. The van der Waals surface area contributed by atoms with Crippen LogP contribution < -0.4 is 9.64 Å². The maximum atomic E-state index is 13.8. The van der Waals surface area contributed by atoms with E-state index in [1.807, 2.05) is 73.0 Å². The number of hydrogen-bond donors (Lipinski definition) is 1. The van der Waals surface area contributed by atoms with Gasteiger partial charge in [-0.15, -0.1) is 10.2 Å². The molecule has 0 bridgehead atoms. The molecule has 1 aliphatic heterocycles. The van der Waals surface area contributed by atoms with Gasteiger partial charge in [0.25, 0.3) is 5.78 Å². The van der Waals surface area contributed by atoms with Crippen LogP contribution in [-0.2, 0) is 15.3 Å². The first-order valence-corrected chi connectivity index (χ1v) is 17.0. The molecule has 2 aromatic carbocycles. The second kappa shape index (κ2) is 13.3. The van der Waals surface area contributed by atoms with E-state index in [1.165, 1.54) is 28.0 Å². The fourth-order valence-corrected chi connectivity index (χ4v) is 7.47. The second-order valence-corrected chi connectivity index (χ2v) is 14.0. The molecule has 0 spiro atoms. The van der Waals surface area contributed by atoms with E-state index in [9.17, 15) is 14.7 Å². The monoisotopic (exact) mass is 673 g/mol.